The number of nitrogens with zero attached hydrogens (tertiary/aromatic N) is 2. The Kier molecular flexibility index (Phi) is 3.65. The van der Waals surface area contributed by atoms with Gasteiger partial charge >= 0.3 is 0 Å². The van der Waals surface area contributed by atoms with Crippen LogP contribution in [0.15, 0.2) is 35.0 Å². The molecular weight excluding hydrogens is 266 g/mol. The predicted octanol–water partition coefficient (Wildman–Crippen LogP) is 4.49. The van der Waals surface area contributed by atoms with Crippen LogP contribution in [0.5, 0.6) is 0 Å². The lowest BCUT2D eigenvalue weighted by Gasteiger charge is -2.10. The summed E-state index contributed by atoms with van der Waals surface area (Å²) in [6.07, 6.45) is 1.07. The summed E-state index contributed by atoms with van der Waals surface area (Å²) in [4.78, 5) is 9.39. The molecule has 0 saturated carbocycles. The Morgan fingerprint density at radius 1 is 1.20 bits per heavy atom. The van der Waals surface area contributed by atoms with E-state index in [1.54, 1.807) is 11.3 Å². The van der Waals surface area contributed by atoms with E-state index in [2.05, 4.69) is 59.2 Å². The van der Waals surface area contributed by atoms with E-state index < -0.39 is 0 Å². The molecule has 0 bridgehead atoms. The maximum absolute atomic E-state index is 4.71. The third kappa shape index (κ3) is 2.51. The highest BCUT2D eigenvalue weighted by Crippen LogP contribution is 2.26. The van der Waals surface area contributed by atoms with Crippen molar-refractivity contribution in [2.24, 2.45) is 0 Å². The topological polar surface area (TPSA) is 37.8 Å². The van der Waals surface area contributed by atoms with Crippen molar-refractivity contribution in [3.8, 4) is 11.4 Å². The molecule has 1 N–H and O–H groups in total. The van der Waals surface area contributed by atoms with Gasteiger partial charge in [0.2, 0.25) is 0 Å². The smallest absolute Gasteiger partial charge is 0.162 e. The van der Waals surface area contributed by atoms with Gasteiger partial charge in [-0.2, -0.15) is 11.3 Å². The number of fused-ring (bicyclic) bond motifs is 1. The Morgan fingerprint density at radius 2 is 2.10 bits per heavy atom. The maximum Gasteiger partial charge on any atom is 0.162 e. The first-order valence-electron chi connectivity index (χ1n) is 6.83. The number of nitrogens with one attached hydrogen (secondary N) is 1. The zero-order valence-corrected chi connectivity index (χ0v) is 12.5. The van der Waals surface area contributed by atoms with Crippen LogP contribution >= 0.6 is 11.3 Å². The molecule has 3 nitrogen and oxygen atoms in total. The van der Waals surface area contributed by atoms with Crippen molar-refractivity contribution in [1.29, 1.82) is 0 Å². The van der Waals surface area contributed by atoms with Gasteiger partial charge in [-0.25, -0.2) is 9.97 Å². The second kappa shape index (κ2) is 5.59. The Labute approximate surface area is 122 Å². The minimum atomic E-state index is 0.793. The van der Waals surface area contributed by atoms with Gasteiger partial charge in [0.1, 0.15) is 5.82 Å². The summed E-state index contributed by atoms with van der Waals surface area (Å²) in [6.45, 7) is 5.17. The Balaban J connectivity index is 2.17. The predicted molar refractivity (Wildman–Crippen MR) is 86.4 cm³/mol. The number of benzene rings is 1. The fourth-order valence-electron chi connectivity index (χ4n) is 2.14. The molecule has 4 heteroatoms. The van der Waals surface area contributed by atoms with Crippen LogP contribution in [0.4, 0.5) is 5.82 Å². The van der Waals surface area contributed by atoms with Crippen molar-refractivity contribution in [3.63, 3.8) is 0 Å². The molecule has 2 heterocycles. The quantitative estimate of drug-likeness (QED) is 0.766. The molecule has 0 saturated heterocycles. The summed E-state index contributed by atoms with van der Waals surface area (Å²) >= 11 is 1.67. The highest BCUT2D eigenvalue weighted by Gasteiger charge is 2.09. The second-order valence-electron chi connectivity index (χ2n) is 4.86. The van der Waals surface area contributed by atoms with Gasteiger partial charge in [-0.1, -0.05) is 18.6 Å². The van der Waals surface area contributed by atoms with Crippen LogP contribution in [0, 0.1) is 6.92 Å². The van der Waals surface area contributed by atoms with E-state index >= 15 is 0 Å². The lowest BCUT2D eigenvalue weighted by Crippen LogP contribution is -2.04. The molecule has 0 spiro atoms. The number of hydrogen-bond acceptors (Lipinski definition) is 4. The van der Waals surface area contributed by atoms with Crippen LogP contribution in [0.1, 0.15) is 18.9 Å². The van der Waals surface area contributed by atoms with Crippen molar-refractivity contribution < 1.29 is 0 Å². The van der Waals surface area contributed by atoms with Gasteiger partial charge in [-0.05, 0) is 36.9 Å². The first kappa shape index (κ1) is 13.1. The SMILES string of the molecule is CCCNc1nc(-c2ccsc2)nc2ccc(C)cc12. The molecule has 2 aromatic heterocycles. The van der Waals surface area contributed by atoms with E-state index in [4.69, 9.17) is 4.98 Å². The van der Waals surface area contributed by atoms with Crippen LogP contribution in [-0.2, 0) is 0 Å². The van der Waals surface area contributed by atoms with Gasteiger partial charge < -0.3 is 5.32 Å². The standard InChI is InChI=1S/C16H17N3S/c1-3-7-17-16-13-9-11(2)4-5-14(13)18-15(19-16)12-6-8-20-10-12/h4-6,8-10H,3,7H2,1-2H3,(H,17,18,19). The summed E-state index contributed by atoms with van der Waals surface area (Å²) in [6, 6.07) is 8.37. The average molecular weight is 283 g/mol. The molecule has 20 heavy (non-hydrogen) atoms. The van der Waals surface area contributed by atoms with E-state index in [1.165, 1.54) is 5.56 Å². The zero-order chi connectivity index (χ0) is 13.9. The Hall–Kier alpha value is -1.94. The zero-order valence-electron chi connectivity index (χ0n) is 11.7. The molecule has 102 valence electrons. The van der Waals surface area contributed by atoms with Crippen molar-refractivity contribution in [3.05, 3.63) is 40.6 Å². The van der Waals surface area contributed by atoms with E-state index in [1.807, 2.05) is 0 Å². The van der Waals surface area contributed by atoms with Crippen LogP contribution in [0.25, 0.3) is 22.3 Å². The molecule has 0 fully saturated rings. The van der Waals surface area contributed by atoms with Gasteiger partial charge in [-0.15, -0.1) is 0 Å². The van der Waals surface area contributed by atoms with E-state index in [0.29, 0.717) is 0 Å². The third-order valence-corrected chi connectivity index (χ3v) is 3.86. The number of thiophene rings is 1. The summed E-state index contributed by atoms with van der Waals surface area (Å²) in [5, 5.41) is 8.65. The molecule has 3 aromatic rings. The Bertz CT molecular complexity index is 720. The molecular formula is C16H17N3S. The largest absolute Gasteiger partial charge is 0.369 e. The van der Waals surface area contributed by atoms with Gasteiger partial charge in [-0.3, -0.25) is 0 Å². The monoisotopic (exact) mass is 283 g/mol. The van der Waals surface area contributed by atoms with Crippen molar-refractivity contribution in [1.82, 2.24) is 9.97 Å². The summed E-state index contributed by atoms with van der Waals surface area (Å²) in [5.74, 6) is 1.72. The molecule has 3 rings (SSSR count). The normalized spacial score (nSPS) is 10.9. The number of aromatic nitrogens is 2. The van der Waals surface area contributed by atoms with E-state index in [0.717, 1.165) is 41.1 Å². The van der Waals surface area contributed by atoms with E-state index in [9.17, 15) is 0 Å². The van der Waals surface area contributed by atoms with Gasteiger partial charge in [0.15, 0.2) is 5.82 Å². The van der Waals surface area contributed by atoms with Gasteiger partial charge in [0, 0.05) is 22.9 Å². The third-order valence-electron chi connectivity index (χ3n) is 3.17. The van der Waals surface area contributed by atoms with Crippen molar-refractivity contribution in [2.45, 2.75) is 20.3 Å². The number of rotatable bonds is 4. The fourth-order valence-corrected chi connectivity index (χ4v) is 2.78. The highest BCUT2D eigenvalue weighted by molar-refractivity contribution is 7.08. The molecule has 0 amide bonds. The van der Waals surface area contributed by atoms with Gasteiger partial charge in [0.05, 0.1) is 5.52 Å². The molecule has 0 atom stereocenters. The maximum atomic E-state index is 4.71. The van der Waals surface area contributed by atoms with Crippen LogP contribution in [0.3, 0.4) is 0 Å². The first-order valence-corrected chi connectivity index (χ1v) is 7.77. The van der Waals surface area contributed by atoms with Crippen LogP contribution < -0.4 is 5.32 Å². The first-order chi connectivity index (χ1) is 9.78. The van der Waals surface area contributed by atoms with Crippen molar-refractivity contribution >= 4 is 28.1 Å². The highest BCUT2D eigenvalue weighted by atomic mass is 32.1. The molecule has 1 aromatic carbocycles. The van der Waals surface area contributed by atoms with Gasteiger partial charge in [0.25, 0.3) is 0 Å². The molecule has 0 aliphatic carbocycles. The van der Waals surface area contributed by atoms with Crippen LogP contribution in [-0.4, -0.2) is 16.5 Å². The summed E-state index contributed by atoms with van der Waals surface area (Å²) < 4.78 is 0. The molecule has 0 radical (unpaired) electrons. The number of hydrogen-bond donors (Lipinski definition) is 1. The number of anilines is 1. The minimum Gasteiger partial charge on any atom is -0.369 e. The molecule has 0 unspecified atom stereocenters. The second-order valence-corrected chi connectivity index (χ2v) is 5.64. The summed E-state index contributed by atoms with van der Waals surface area (Å²) in [7, 11) is 0. The van der Waals surface area contributed by atoms with Crippen LogP contribution in [0.2, 0.25) is 0 Å². The Morgan fingerprint density at radius 3 is 2.85 bits per heavy atom. The van der Waals surface area contributed by atoms with Crippen molar-refractivity contribution in [2.75, 3.05) is 11.9 Å². The lowest BCUT2D eigenvalue weighted by molar-refractivity contribution is 0.970. The average Bonchev–Trinajstić information content (AvgIpc) is 2.99. The molecule has 0 aliphatic heterocycles. The molecule has 0 aliphatic rings. The number of aryl methyl sites for hydroxylation is 1. The lowest BCUT2D eigenvalue weighted by atomic mass is 10.1. The summed E-state index contributed by atoms with van der Waals surface area (Å²) in [5.41, 5.74) is 3.30. The van der Waals surface area contributed by atoms with E-state index in [-0.39, 0.29) is 0 Å². The fraction of sp³-hybridized carbons (Fsp3) is 0.250. The minimum absolute atomic E-state index is 0.793.